The van der Waals surface area contributed by atoms with E-state index in [0.29, 0.717) is 39.2 Å². The monoisotopic (exact) mass is 1610 g/mol. The molecule has 5 amide bonds. The Kier molecular flexibility index (Phi) is 58.3. The van der Waals surface area contributed by atoms with Crippen molar-refractivity contribution in [1.29, 1.82) is 0 Å². The summed E-state index contributed by atoms with van der Waals surface area (Å²) in [5, 5.41) is 104. The zero-order valence-corrected chi connectivity index (χ0v) is 68.3. The van der Waals surface area contributed by atoms with E-state index in [4.69, 9.17) is 47.4 Å². The van der Waals surface area contributed by atoms with Gasteiger partial charge in [0.25, 0.3) is 0 Å². The van der Waals surface area contributed by atoms with Crippen LogP contribution in [-0.4, -0.2) is 278 Å². The molecular weight excluding hydrogens is 1460 g/mol. The highest BCUT2D eigenvalue weighted by Gasteiger charge is 2.47. The lowest BCUT2D eigenvalue weighted by atomic mass is 9.92. The van der Waals surface area contributed by atoms with Gasteiger partial charge in [0, 0.05) is 98.2 Å². The molecule has 0 spiro atoms. The predicted molar refractivity (Wildman–Crippen MR) is 417 cm³/mol. The van der Waals surface area contributed by atoms with Crippen molar-refractivity contribution < 1.29 is 127 Å². The Hall–Kier alpha value is -4.07. The second-order valence-electron chi connectivity index (χ2n) is 30.9. The third-order valence-corrected chi connectivity index (χ3v) is 20.9. The summed E-state index contributed by atoms with van der Waals surface area (Å²) in [6.07, 6.45) is 20.4. The minimum absolute atomic E-state index is 0.00468. The van der Waals surface area contributed by atoms with E-state index in [1.165, 1.54) is 21.0 Å². The van der Waals surface area contributed by atoms with Crippen LogP contribution >= 0.6 is 0 Å². The molecule has 31 heteroatoms. The lowest BCUT2D eigenvalue weighted by Crippen LogP contribution is -2.64. The molecular formula is C81H149N5O26. The molecule has 3 rings (SSSR count). The maximum absolute atomic E-state index is 13.8. The summed E-state index contributed by atoms with van der Waals surface area (Å²) in [4.78, 5) is 89.0. The van der Waals surface area contributed by atoms with Crippen molar-refractivity contribution in [3.63, 3.8) is 0 Å². The number of aliphatic hydroxyl groups excluding tert-OH is 9. The third-order valence-electron chi connectivity index (χ3n) is 20.9. The Morgan fingerprint density at radius 1 is 0.348 bits per heavy atom. The number of carbonyl (C=O) groups excluding carboxylic acids is 7. The number of Topliss-reactive ketones (excluding diaryl/α,β-unsaturated/α-hetero) is 2. The Bertz CT molecular complexity index is 2360. The van der Waals surface area contributed by atoms with Crippen LogP contribution in [0.2, 0.25) is 0 Å². The molecule has 15 atom stereocenters. The normalized spacial score (nSPS) is 24.5. The lowest BCUT2D eigenvalue weighted by molar-refractivity contribution is -0.282. The first-order chi connectivity index (χ1) is 54.1. The highest BCUT2D eigenvalue weighted by Crippen LogP contribution is 2.29. The molecule has 0 radical (unpaired) electrons. The Balaban J connectivity index is 1.42. The molecule has 0 aliphatic carbocycles. The third kappa shape index (κ3) is 45.6. The predicted octanol–water partition coefficient (Wildman–Crippen LogP) is 5.48. The number of rotatable bonds is 71. The molecule has 3 aliphatic rings. The molecule has 3 heterocycles. The Morgan fingerprint density at radius 3 is 1.04 bits per heavy atom. The van der Waals surface area contributed by atoms with E-state index in [-0.39, 0.29) is 114 Å². The molecule has 0 saturated carbocycles. The second kappa shape index (κ2) is 64.0. The molecule has 0 aromatic heterocycles. The summed E-state index contributed by atoms with van der Waals surface area (Å²) in [7, 11) is 1.46. The van der Waals surface area contributed by atoms with E-state index in [9.17, 15) is 79.5 Å². The van der Waals surface area contributed by atoms with Gasteiger partial charge in [0.1, 0.15) is 84.8 Å². The summed E-state index contributed by atoms with van der Waals surface area (Å²) in [6, 6.07) is -1.92. The molecule has 0 aromatic carbocycles. The van der Waals surface area contributed by atoms with Gasteiger partial charge in [-0.1, -0.05) is 174 Å². The largest absolute Gasteiger partial charge is 0.394 e. The highest BCUT2D eigenvalue weighted by atomic mass is 16.7. The number of ether oxygens (including phenoxy) is 10. The van der Waals surface area contributed by atoms with Gasteiger partial charge < -0.3 is 120 Å². The van der Waals surface area contributed by atoms with Crippen molar-refractivity contribution in [2.24, 2.45) is 5.92 Å². The van der Waals surface area contributed by atoms with Crippen molar-refractivity contribution in [1.82, 2.24) is 26.6 Å². The second-order valence-corrected chi connectivity index (χ2v) is 30.9. The van der Waals surface area contributed by atoms with Crippen LogP contribution in [0.4, 0.5) is 0 Å². The van der Waals surface area contributed by atoms with Crippen LogP contribution in [0.1, 0.15) is 278 Å². The van der Waals surface area contributed by atoms with Crippen LogP contribution < -0.4 is 26.6 Å². The van der Waals surface area contributed by atoms with Crippen LogP contribution in [0, 0.1) is 5.92 Å². The van der Waals surface area contributed by atoms with Gasteiger partial charge in [-0.3, -0.25) is 33.6 Å². The van der Waals surface area contributed by atoms with E-state index in [0.717, 1.165) is 205 Å². The molecule has 31 nitrogen and oxygen atoms in total. The SMILES string of the molecule is COCNC(=O)CCCC(=O)NC(COCCC(=O)CCCCCCCCCCCCCO[C@@H]1OC(CO)[C@H](O)[C@H](O)C1NC(C)=O)(COCCC(=O)CCCCCCCCCCCCCO[C@@H]1OC(CO)[C@H](O)[C@H](O)C1NC(C)=O)COCCC(=O)NCCCCCCCCCCCCO[C@@H]1OC(CO)[C@H](O)[C@H](O)C1C. The van der Waals surface area contributed by atoms with Crippen LogP contribution in [0.5, 0.6) is 0 Å². The average molecular weight is 1610 g/mol. The molecule has 14 N–H and O–H groups in total. The van der Waals surface area contributed by atoms with Crippen molar-refractivity contribution in [2.75, 3.05) is 99.7 Å². The summed E-state index contributed by atoms with van der Waals surface area (Å²) in [6.45, 7) is 4.56. The number of ketones is 2. The first-order valence-corrected chi connectivity index (χ1v) is 42.5. The van der Waals surface area contributed by atoms with Crippen LogP contribution in [0.3, 0.4) is 0 Å². The average Bonchev–Trinajstić information content (AvgIpc) is 0.846. The van der Waals surface area contributed by atoms with E-state index in [2.05, 4.69) is 26.6 Å². The van der Waals surface area contributed by atoms with Crippen LogP contribution in [0.25, 0.3) is 0 Å². The molecule has 654 valence electrons. The first kappa shape index (κ1) is 102. The molecule has 0 aromatic rings. The number of unbranched alkanes of at least 4 members (excludes halogenated alkanes) is 29. The fourth-order valence-corrected chi connectivity index (χ4v) is 14.1. The van der Waals surface area contributed by atoms with Crippen molar-refractivity contribution in [3.8, 4) is 0 Å². The number of nitrogens with one attached hydrogen (secondary N) is 5. The van der Waals surface area contributed by atoms with Crippen LogP contribution in [0.15, 0.2) is 0 Å². The molecule has 3 saturated heterocycles. The van der Waals surface area contributed by atoms with Gasteiger partial charge in [-0.05, 0) is 44.9 Å². The molecule has 112 heavy (non-hydrogen) atoms. The quantitative estimate of drug-likeness (QED) is 0.0265. The Labute approximate surface area is 666 Å². The smallest absolute Gasteiger partial charge is 0.222 e. The zero-order chi connectivity index (χ0) is 82.0. The van der Waals surface area contributed by atoms with Crippen molar-refractivity contribution in [2.45, 2.75) is 369 Å². The zero-order valence-electron chi connectivity index (χ0n) is 68.3. The summed E-state index contributed by atoms with van der Waals surface area (Å²) >= 11 is 0. The highest BCUT2D eigenvalue weighted by molar-refractivity contribution is 5.80. The number of hydrogen-bond donors (Lipinski definition) is 14. The van der Waals surface area contributed by atoms with Gasteiger partial charge in [0.15, 0.2) is 18.9 Å². The first-order valence-electron chi connectivity index (χ1n) is 42.5. The molecule has 0 bridgehead atoms. The van der Waals surface area contributed by atoms with E-state index < -0.39 is 129 Å². The van der Waals surface area contributed by atoms with Gasteiger partial charge in [0.05, 0.1) is 65.6 Å². The lowest BCUT2D eigenvalue weighted by Gasteiger charge is -2.42. The number of hydrogen-bond acceptors (Lipinski definition) is 26. The fourth-order valence-electron chi connectivity index (χ4n) is 14.1. The van der Waals surface area contributed by atoms with E-state index in [1.807, 2.05) is 0 Å². The minimum atomic E-state index is -1.36. The summed E-state index contributed by atoms with van der Waals surface area (Å²) in [5.74, 6) is -1.92. The summed E-state index contributed by atoms with van der Waals surface area (Å²) < 4.78 is 57.9. The number of carbonyl (C=O) groups is 7. The summed E-state index contributed by atoms with van der Waals surface area (Å²) in [5.41, 5.74) is -1.28. The molecule has 3 fully saturated rings. The van der Waals surface area contributed by atoms with Gasteiger partial charge in [-0.2, -0.15) is 0 Å². The van der Waals surface area contributed by atoms with Gasteiger partial charge >= 0.3 is 0 Å². The van der Waals surface area contributed by atoms with Crippen molar-refractivity contribution >= 4 is 41.1 Å². The maximum atomic E-state index is 13.8. The fraction of sp³-hybridized carbons (Fsp3) is 0.914. The molecule has 6 unspecified atom stereocenters. The van der Waals surface area contributed by atoms with Gasteiger partial charge in [0.2, 0.25) is 29.5 Å². The molecule has 3 aliphatic heterocycles. The van der Waals surface area contributed by atoms with Crippen LogP contribution in [-0.2, 0) is 80.9 Å². The van der Waals surface area contributed by atoms with E-state index >= 15 is 0 Å². The minimum Gasteiger partial charge on any atom is -0.394 e. The topological polar surface area (TPSA) is 454 Å². The van der Waals surface area contributed by atoms with Gasteiger partial charge in [-0.25, -0.2) is 0 Å². The maximum Gasteiger partial charge on any atom is 0.222 e. The van der Waals surface area contributed by atoms with Gasteiger partial charge in [-0.15, -0.1) is 0 Å². The number of aliphatic hydroxyl groups is 9. The van der Waals surface area contributed by atoms with Crippen molar-refractivity contribution in [3.05, 3.63) is 0 Å². The van der Waals surface area contributed by atoms with E-state index in [1.54, 1.807) is 6.92 Å². The number of amides is 5. The standard InChI is InChI=1S/C81H149N5O26/c1-59-72(97)73(98)64(52-87)110-78(59)107-46-34-28-22-18-12-9-15-21-27-33-45-82-68(95)44-51-106-57-81(86-69(96)41-37-40-67(94)83-58-103-4,55-104-49-42-62(92)38-31-25-19-13-7-5-10-16-23-29-35-47-108-79-70(84-60(2)90)76(101)74(99)65(53-88)111-79)56-105-50-43-63(93)39-32-26-20-14-8-6-11-17-24-30-36-48-109-80-71(85-61(3)91)77(102)75(100)66(54-89)112-80/h59,64-66,70-80,87-89,97-102H,5-58H2,1-4H3,(H,82,95)(H,83,94)(H,84,90)(H,85,91)(H,86,96)/t59?,64?,65?,66?,70?,71?,72-,73+,74+,75+,76-,77-,78-,79-,80-,81?/m1/s1. The number of methoxy groups -OCH3 is 1. The Morgan fingerprint density at radius 2 is 0.670 bits per heavy atom.